The van der Waals surface area contributed by atoms with Gasteiger partial charge in [0.25, 0.3) is 0 Å². The van der Waals surface area contributed by atoms with Crippen LogP contribution >= 0.6 is 0 Å². The number of hydrogen-bond acceptors (Lipinski definition) is 0. The van der Waals surface area contributed by atoms with Crippen molar-refractivity contribution in [3.8, 4) is 11.1 Å². The highest BCUT2D eigenvalue weighted by molar-refractivity contribution is 5.80. The molecule has 0 aromatic heterocycles. The van der Waals surface area contributed by atoms with E-state index in [-0.39, 0.29) is 21.7 Å². The SMILES string of the molecule is CC1CC(C(c2ccccc2)(c2ccccc2)C2C=CC=C2)C(C)(C)c2cc3c(cc21)-c1cc2c(cc1C3)C(C)(C)C(C)CC2(C)C. The molecule has 4 aliphatic carbocycles. The van der Waals surface area contributed by atoms with Gasteiger partial charge in [0.2, 0.25) is 0 Å². The maximum absolute atomic E-state index is 2.66. The maximum Gasteiger partial charge on any atom is 0.0336 e. The van der Waals surface area contributed by atoms with E-state index in [0.717, 1.165) is 12.8 Å². The molecule has 0 heteroatoms. The molecule has 4 aliphatic rings. The van der Waals surface area contributed by atoms with Gasteiger partial charge in [-0.2, -0.15) is 0 Å². The van der Waals surface area contributed by atoms with Crippen LogP contribution < -0.4 is 0 Å². The second-order valence-corrected chi connectivity index (χ2v) is 17.3. The van der Waals surface area contributed by atoms with Crippen LogP contribution in [0.15, 0.2) is 109 Å². The quantitative estimate of drug-likeness (QED) is 0.188. The Bertz CT molecular complexity index is 1860. The molecule has 8 rings (SSSR count). The first-order chi connectivity index (χ1) is 22.4. The summed E-state index contributed by atoms with van der Waals surface area (Å²) < 4.78 is 0. The molecule has 0 saturated carbocycles. The van der Waals surface area contributed by atoms with Crippen LogP contribution in [0.4, 0.5) is 0 Å². The van der Waals surface area contributed by atoms with Crippen LogP contribution in [0.25, 0.3) is 11.1 Å². The summed E-state index contributed by atoms with van der Waals surface area (Å²) in [6, 6.07) is 33.4. The zero-order valence-electron chi connectivity index (χ0n) is 29.8. The molecular formula is C47H52. The Morgan fingerprint density at radius 2 is 1.17 bits per heavy atom. The van der Waals surface area contributed by atoms with E-state index in [0.29, 0.717) is 23.7 Å². The largest absolute Gasteiger partial charge is 0.0764 e. The Labute approximate surface area is 284 Å². The Morgan fingerprint density at radius 3 is 1.77 bits per heavy atom. The van der Waals surface area contributed by atoms with Crippen molar-refractivity contribution in [2.45, 2.75) is 102 Å². The first kappa shape index (κ1) is 30.7. The predicted octanol–water partition coefficient (Wildman–Crippen LogP) is 12.0. The molecule has 0 radical (unpaired) electrons. The Balaban J connectivity index is 1.31. The first-order valence-corrected chi connectivity index (χ1v) is 18.2. The third-order valence-corrected chi connectivity index (χ3v) is 13.7. The molecule has 0 N–H and O–H groups in total. The van der Waals surface area contributed by atoms with Gasteiger partial charge in [-0.3, -0.25) is 0 Å². The van der Waals surface area contributed by atoms with Crippen molar-refractivity contribution in [2.75, 3.05) is 0 Å². The Kier molecular flexibility index (Phi) is 6.81. The molecule has 47 heavy (non-hydrogen) atoms. The minimum atomic E-state index is -0.184. The molecule has 0 heterocycles. The molecule has 3 atom stereocenters. The number of fused-ring (bicyclic) bond motifs is 5. The Morgan fingerprint density at radius 1 is 0.617 bits per heavy atom. The second kappa shape index (κ2) is 10.4. The average Bonchev–Trinajstić information content (AvgIpc) is 3.71. The summed E-state index contributed by atoms with van der Waals surface area (Å²) in [5.74, 6) is 1.82. The molecule has 0 amide bonds. The van der Waals surface area contributed by atoms with E-state index in [9.17, 15) is 0 Å². The van der Waals surface area contributed by atoms with E-state index in [1.165, 1.54) is 39.8 Å². The van der Waals surface area contributed by atoms with E-state index < -0.39 is 0 Å². The van der Waals surface area contributed by atoms with Crippen LogP contribution in [-0.2, 0) is 28.1 Å². The van der Waals surface area contributed by atoms with E-state index in [1.807, 2.05) is 0 Å². The van der Waals surface area contributed by atoms with Crippen LogP contribution in [0.5, 0.6) is 0 Å². The summed E-state index contributed by atoms with van der Waals surface area (Å²) in [5.41, 5.74) is 15.4. The van der Waals surface area contributed by atoms with Crippen molar-refractivity contribution in [1.82, 2.24) is 0 Å². The van der Waals surface area contributed by atoms with Crippen LogP contribution in [0, 0.1) is 17.8 Å². The number of allylic oxidation sites excluding steroid dienone is 4. The number of benzene rings is 4. The molecule has 0 saturated heterocycles. The molecule has 0 spiro atoms. The number of hydrogen-bond donors (Lipinski definition) is 0. The fourth-order valence-corrected chi connectivity index (χ4v) is 10.8. The van der Waals surface area contributed by atoms with Gasteiger partial charge in [-0.15, -0.1) is 0 Å². The highest BCUT2D eigenvalue weighted by atomic mass is 14.6. The normalized spacial score (nSPS) is 24.8. The minimum absolute atomic E-state index is 0.0414. The van der Waals surface area contributed by atoms with E-state index in [2.05, 4.69) is 165 Å². The van der Waals surface area contributed by atoms with Gasteiger partial charge in [0, 0.05) is 11.3 Å². The molecule has 3 unspecified atom stereocenters. The van der Waals surface area contributed by atoms with Gasteiger partial charge in [-0.25, -0.2) is 0 Å². The summed E-state index contributed by atoms with van der Waals surface area (Å²) in [5, 5.41) is 0. The van der Waals surface area contributed by atoms with Crippen LogP contribution in [0.3, 0.4) is 0 Å². The van der Waals surface area contributed by atoms with E-state index in [4.69, 9.17) is 0 Å². The van der Waals surface area contributed by atoms with Crippen molar-refractivity contribution in [1.29, 1.82) is 0 Å². The fraction of sp³-hybridized carbons (Fsp3) is 0.404. The van der Waals surface area contributed by atoms with Gasteiger partial charge in [0.15, 0.2) is 0 Å². The van der Waals surface area contributed by atoms with Gasteiger partial charge >= 0.3 is 0 Å². The van der Waals surface area contributed by atoms with Crippen LogP contribution in [0.1, 0.15) is 119 Å². The molecule has 4 aromatic rings. The molecule has 0 fully saturated rings. The standard InChI is InChI=1S/C47H52/c1-30-23-43(47(36-21-15-16-22-36,34-17-11-9-12-18-34)35-19-13-10-14-20-35)46(7,8)40-25-32-24-33-26-42-41(28-39(33)38(32)27-37(30)40)44(3,4)29-31(2)45(42,5)6/h9-22,25-28,30-31,36,43H,23-24,29H2,1-8H3. The lowest BCUT2D eigenvalue weighted by Gasteiger charge is -2.55. The molecule has 240 valence electrons. The highest BCUT2D eigenvalue weighted by Gasteiger charge is 2.55. The second-order valence-electron chi connectivity index (χ2n) is 17.3. The van der Waals surface area contributed by atoms with Gasteiger partial charge in [0.1, 0.15) is 0 Å². The monoisotopic (exact) mass is 616 g/mol. The summed E-state index contributed by atoms with van der Waals surface area (Å²) in [6.07, 6.45) is 12.9. The maximum atomic E-state index is 2.66. The Hall–Kier alpha value is -3.64. The fourth-order valence-electron chi connectivity index (χ4n) is 10.8. The zero-order valence-corrected chi connectivity index (χ0v) is 29.8. The lowest BCUT2D eigenvalue weighted by atomic mass is 9.47. The van der Waals surface area contributed by atoms with Gasteiger partial charge < -0.3 is 0 Å². The summed E-state index contributed by atoms with van der Waals surface area (Å²) in [4.78, 5) is 0. The third kappa shape index (κ3) is 4.32. The zero-order chi connectivity index (χ0) is 32.9. The lowest BCUT2D eigenvalue weighted by molar-refractivity contribution is 0.143. The first-order valence-electron chi connectivity index (χ1n) is 18.2. The van der Waals surface area contributed by atoms with Crippen LogP contribution in [0.2, 0.25) is 0 Å². The summed E-state index contributed by atoms with van der Waals surface area (Å²) >= 11 is 0. The topological polar surface area (TPSA) is 0 Å². The van der Waals surface area contributed by atoms with E-state index >= 15 is 0 Å². The molecule has 0 nitrogen and oxygen atoms in total. The predicted molar refractivity (Wildman–Crippen MR) is 199 cm³/mol. The van der Waals surface area contributed by atoms with Crippen molar-refractivity contribution in [2.24, 2.45) is 17.8 Å². The highest BCUT2D eigenvalue weighted by Crippen LogP contribution is 2.61. The lowest BCUT2D eigenvalue weighted by Crippen LogP contribution is -2.52. The van der Waals surface area contributed by atoms with Crippen molar-refractivity contribution in [3.05, 3.63) is 154 Å². The van der Waals surface area contributed by atoms with Crippen molar-refractivity contribution < 1.29 is 0 Å². The van der Waals surface area contributed by atoms with E-state index in [1.54, 1.807) is 22.3 Å². The summed E-state index contributed by atoms with van der Waals surface area (Å²) in [6.45, 7) is 20.0. The van der Waals surface area contributed by atoms with Crippen molar-refractivity contribution in [3.63, 3.8) is 0 Å². The smallest absolute Gasteiger partial charge is 0.0336 e. The third-order valence-electron chi connectivity index (χ3n) is 13.7. The molecular weight excluding hydrogens is 565 g/mol. The van der Waals surface area contributed by atoms with Gasteiger partial charge in [-0.05, 0) is 109 Å². The number of rotatable bonds is 4. The summed E-state index contributed by atoms with van der Waals surface area (Å²) in [7, 11) is 0. The molecule has 0 aliphatic heterocycles. The van der Waals surface area contributed by atoms with Crippen LogP contribution in [-0.4, -0.2) is 0 Å². The average molecular weight is 617 g/mol. The van der Waals surface area contributed by atoms with Gasteiger partial charge in [0.05, 0.1) is 0 Å². The molecule has 0 bridgehead atoms. The molecule has 4 aromatic carbocycles. The van der Waals surface area contributed by atoms with Gasteiger partial charge in [-0.1, -0.05) is 165 Å². The minimum Gasteiger partial charge on any atom is -0.0764 e. The van der Waals surface area contributed by atoms with Crippen molar-refractivity contribution >= 4 is 0 Å².